The predicted molar refractivity (Wildman–Crippen MR) is 51.8 cm³/mol. The van der Waals surface area contributed by atoms with Gasteiger partial charge < -0.3 is 14.5 Å². The minimum absolute atomic E-state index is 0.350. The monoisotopic (exact) mass is 197 g/mol. The van der Waals surface area contributed by atoms with Crippen LogP contribution in [0.3, 0.4) is 0 Å². The average molecular weight is 197 g/mol. The van der Waals surface area contributed by atoms with E-state index >= 15 is 0 Å². The van der Waals surface area contributed by atoms with E-state index in [9.17, 15) is 4.79 Å². The van der Waals surface area contributed by atoms with Gasteiger partial charge in [0.15, 0.2) is 6.10 Å². The van der Waals surface area contributed by atoms with Crippen LogP contribution in [-0.4, -0.2) is 24.2 Å². The van der Waals surface area contributed by atoms with Crippen molar-refractivity contribution in [2.24, 2.45) is 0 Å². The van der Waals surface area contributed by atoms with Crippen LogP contribution < -0.4 is 0 Å². The van der Waals surface area contributed by atoms with Gasteiger partial charge in [-0.05, 0) is 26.0 Å². The molecule has 0 spiro atoms. The highest BCUT2D eigenvalue weighted by atomic mass is 16.6. The fourth-order valence-corrected chi connectivity index (χ4v) is 1.18. The first-order chi connectivity index (χ1) is 6.79. The van der Waals surface area contributed by atoms with Crippen molar-refractivity contribution < 1.29 is 14.3 Å². The van der Waals surface area contributed by atoms with Crippen molar-refractivity contribution in [2.75, 3.05) is 13.2 Å². The lowest BCUT2D eigenvalue weighted by molar-refractivity contribution is -0.157. The second-order valence-corrected chi connectivity index (χ2v) is 2.71. The molecule has 0 radical (unpaired) electrons. The van der Waals surface area contributed by atoms with E-state index in [1.165, 1.54) is 0 Å². The molecule has 1 heterocycles. The normalized spacial score (nSPS) is 12.4. The Hall–Kier alpha value is -1.29. The number of carbonyl (C=O) groups is 1. The lowest BCUT2D eigenvalue weighted by atomic mass is 10.2. The average Bonchev–Trinajstić information content (AvgIpc) is 2.67. The van der Waals surface area contributed by atoms with Crippen molar-refractivity contribution in [3.8, 4) is 0 Å². The summed E-state index contributed by atoms with van der Waals surface area (Å²) in [4.78, 5) is 14.4. The third-order valence-corrected chi connectivity index (χ3v) is 1.74. The molecule has 1 N–H and O–H groups in total. The predicted octanol–water partition coefficient (Wildman–Crippen LogP) is 1.66. The van der Waals surface area contributed by atoms with E-state index in [0.717, 1.165) is 5.69 Å². The van der Waals surface area contributed by atoms with Crippen molar-refractivity contribution in [3.05, 3.63) is 24.0 Å². The van der Waals surface area contributed by atoms with Gasteiger partial charge in [-0.3, -0.25) is 0 Å². The zero-order chi connectivity index (χ0) is 10.4. The quantitative estimate of drug-likeness (QED) is 0.730. The zero-order valence-electron chi connectivity index (χ0n) is 8.45. The van der Waals surface area contributed by atoms with Crippen LogP contribution in [0.1, 0.15) is 25.6 Å². The van der Waals surface area contributed by atoms with Crippen molar-refractivity contribution in [1.29, 1.82) is 0 Å². The van der Waals surface area contributed by atoms with Gasteiger partial charge in [-0.25, -0.2) is 4.79 Å². The molecule has 1 atom stereocenters. The Bertz CT molecular complexity index is 269. The molecule has 0 aliphatic rings. The second-order valence-electron chi connectivity index (χ2n) is 2.71. The van der Waals surface area contributed by atoms with Gasteiger partial charge in [-0.15, -0.1) is 0 Å². The van der Waals surface area contributed by atoms with Gasteiger partial charge >= 0.3 is 5.97 Å². The van der Waals surface area contributed by atoms with Crippen LogP contribution in [0.4, 0.5) is 0 Å². The molecule has 0 bridgehead atoms. The topological polar surface area (TPSA) is 51.3 Å². The van der Waals surface area contributed by atoms with E-state index in [0.29, 0.717) is 13.2 Å². The molecule has 0 saturated carbocycles. The molecule has 1 aromatic rings. The third-order valence-electron chi connectivity index (χ3n) is 1.74. The van der Waals surface area contributed by atoms with E-state index in [-0.39, 0.29) is 5.97 Å². The van der Waals surface area contributed by atoms with Crippen LogP contribution in [0, 0.1) is 0 Å². The SMILES string of the molecule is CCOC(=O)C(OCC)c1ccc[nH]1. The number of carbonyl (C=O) groups excluding carboxylic acids is 1. The molecule has 0 saturated heterocycles. The van der Waals surface area contributed by atoms with Crippen molar-refractivity contribution in [3.63, 3.8) is 0 Å². The minimum atomic E-state index is -0.630. The van der Waals surface area contributed by atoms with Crippen molar-refractivity contribution in [1.82, 2.24) is 4.98 Å². The first-order valence-electron chi connectivity index (χ1n) is 4.71. The number of rotatable bonds is 5. The van der Waals surface area contributed by atoms with Crippen LogP contribution in [0.5, 0.6) is 0 Å². The number of aromatic nitrogens is 1. The lowest BCUT2D eigenvalue weighted by Gasteiger charge is -2.13. The Kier molecular flexibility index (Phi) is 4.19. The number of nitrogens with one attached hydrogen (secondary N) is 1. The zero-order valence-corrected chi connectivity index (χ0v) is 8.45. The molecule has 4 heteroatoms. The standard InChI is InChI=1S/C10H15NO3/c1-3-13-9(10(12)14-4-2)8-6-5-7-11-8/h5-7,9,11H,3-4H2,1-2H3. The highest BCUT2D eigenvalue weighted by Crippen LogP contribution is 2.16. The molecule has 0 aliphatic carbocycles. The number of ether oxygens (including phenoxy) is 2. The van der Waals surface area contributed by atoms with Gasteiger partial charge in [-0.1, -0.05) is 0 Å². The summed E-state index contributed by atoms with van der Waals surface area (Å²) >= 11 is 0. The van der Waals surface area contributed by atoms with Gasteiger partial charge in [0.05, 0.1) is 12.3 Å². The minimum Gasteiger partial charge on any atom is -0.464 e. The molecular weight excluding hydrogens is 182 g/mol. The summed E-state index contributed by atoms with van der Waals surface area (Å²) in [6.07, 6.45) is 1.12. The molecule has 78 valence electrons. The number of H-pyrrole nitrogens is 1. The number of hydrogen-bond acceptors (Lipinski definition) is 3. The molecule has 0 aliphatic heterocycles. The summed E-state index contributed by atoms with van der Waals surface area (Å²) in [5, 5.41) is 0. The highest BCUT2D eigenvalue weighted by Gasteiger charge is 2.22. The maximum atomic E-state index is 11.5. The molecule has 1 unspecified atom stereocenters. The molecule has 14 heavy (non-hydrogen) atoms. The Morgan fingerprint density at radius 1 is 1.50 bits per heavy atom. The Labute approximate surface area is 83.2 Å². The Morgan fingerprint density at radius 2 is 2.29 bits per heavy atom. The Morgan fingerprint density at radius 3 is 2.79 bits per heavy atom. The molecule has 1 aromatic heterocycles. The molecular formula is C10H15NO3. The summed E-state index contributed by atoms with van der Waals surface area (Å²) in [6.45, 7) is 4.45. The smallest absolute Gasteiger partial charge is 0.341 e. The summed E-state index contributed by atoms with van der Waals surface area (Å²) in [7, 11) is 0. The van der Waals surface area contributed by atoms with Gasteiger partial charge in [0.1, 0.15) is 0 Å². The number of hydrogen-bond donors (Lipinski definition) is 1. The largest absolute Gasteiger partial charge is 0.464 e. The van der Waals surface area contributed by atoms with E-state index in [1.807, 2.05) is 13.0 Å². The number of aromatic amines is 1. The van der Waals surface area contributed by atoms with E-state index < -0.39 is 6.10 Å². The molecule has 0 fully saturated rings. The van der Waals surface area contributed by atoms with Crippen molar-refractivity contribution >= 4 is 5.97 Å². The summed E-state index contributed by atoms with van der Waals surface area (Å²) < 4.78 is 10.2. The number of esters is 1. The van der Waals surface area contributed by atoms with Crippen LogP contribution in [0.2, 0.25) is 0 Å². The van der Waals surface area contributed by atoms with Crippen LogP contribution >= 0.6 is 0 Å². The summed E-state index contributed by atoms with van der Waals surface area (Å²) in [5.74, 6) is -0.350. The molecule has 0 aromatic carbocycles. The highest BCUT2D eigenvalue weighted by molar-refractivity contribution is 5.75. The lowest BCUT2D eigenvalue weighted by Crippen LogP contribution is -2.19. The fourth-order valence-electron chi connectivity index (χ4n) is 1.18. The first-order valence-corrected chi connectivity index (χ1v) is 4.71. The molecule has 4 nitrogen and oxygen atoms in total. The van der Waals surface area contributed by atoms with E-state index in [1.54, 1.807) is 19.2 Å². The molecule has 1 rings (SSSR count). The third kappa shape index (κ3) is 2.60. The summed E-state index contributed by atoms with van der Waals surface area (Å²) in [6, 6.07) is 3.62. The first kappa shape index (κ1) is 10.8. The maximum Gasteiger partial charge on any atom is 0.341 e. The van der Waals surface area contributed by atoms with Gasteiger partial charge in [0.2, 0.25) is 0 Å². The van der Waals surface area contributed by atoms with Gasteiger partial charge in [-0.2, -0.15) is 0 Å². The van der Waals surface area contributed by atoms with E-state index in [4.69, 9.17) is 9.47 Å². The van der Waals surface area contributed by atoms with Crippen molar-refractivity contribution in [2.45, 2.75) is 20.0 Å². The summed E-state index contributed by atoms with van der Waals surface area (Å²) in [5.41, 5.74) is 0.727. The van der Waals surface area contributed by atoms with Crippen LogP contribution in [0.15, 0.2) is 18.3 Å². The molecule has 0 amide bonds. The van der Waals surface area contributed by atoms with Crippen LogP contribution in [-0.2, 0) is 14.3 Å². The fraction of sp³-hybridized carbons (Fsp3) is 0.500. The maximum absolute atomic E-state index is 11.5. The second kappa shape index (κ2) is 5.44. The van der Waals surface area contributed by atoms with Crippen LogP contribution in [0.25, 0.3) is 0 Å². The Balaban J connectivity index is 2.69. The van der Waals surface area contributed by atoms with Gasteiger partial charge in [0.25, 0.3) is 0 Å². The van der Waals surface area contributed by atoms with E-state index in [2.05, 4.69) is 4.98 Å². The van der Waals surface area contributed by atoms with Gasteiger partial charge in [0, 0.05) is 12.8 Å².